The number of nitrogens with zero attached hydrogens (tertiary/aromatic N) is 1. The van der Waals surface area contributed by atoms with Crippen LogP contribution in [0, 0.1) is 11.8 Å². The summed E-state index contributed by atoms with van der Waals surface area (Å²) in [5.74, 6) is -3.60. The first-order valence-electron chi connectivity index (χ1n) is 4.15. The number of halogens is 4. The quantitative estimate of drug-likeness (QED) is 0.458. The zero-order chi connectivity index (χ0) is 12.3. The minimum Gasteiger partial charge on any atom is -0.469 e. The zero-order valence-electron chi connectivity index (χ0n) is 8.14. The van der Waals surface area contributed by atoms with E-state index in [1.54, 1.807) is 0 Å². The van der Waals surface area contributed by atoms with Gasteiger partial charge >= 0.3 is 5.97 Å². The molecule has 0 aromatic carbocycles. The van der Waals surface area contributed by atoms with E-state index in [1.807, 2.05) is 0 Å². The fraction of sp³-hybridized carbons (Fsp3) is 0.333. The number of ether oxygens (including phenoxy) is 1. The average Bonchev–Trinajstić information content (AvgIpc) is 2.15. The molecule has 16 heavy (non-hydrogen) atoms. The van der Waals surface area contributed by atoms with E-state index in [4.69, 9.17) is 0 Å². The van der Waals surface area contributed by atoms with Crippen molar-refractivity contribution in [3.05, 3.63) is 29.1 Å². The second kappa shape index (κ2) is 4.91. The first-order valence-corrected chi connectivity index (χ1v) is 4.15. The molecule has 0 aliphatic carbocycles. The van der Waals surface area contributed by atoms with E-state index >= 15 is 0 Å². The third-order valence-corrected chi connectivity index (χ3v) is 1.81. The second-order valence-electron chi connectivity index (χ2n) is 2.84. The topological polar surface area (TPSA) is 39.2 Å². The summed E-state index contributed by atoms with van der Waals surface area (Å²) in [6, 6.07) is 0.238. The predicted octanol–water partition coefficient (Wildman–Crippen LogP) is 2.01. The Hall–Kier alpha value is -1.66. The number of pyridine rings is 1. The largest absolute Gasteiger partial charge is 0.469 e. The predicted molar refractivity (Wildman–Crippen MR) is 44.8 cm³/mol. The van der Waals surface area contributed by atoms with E-state index in [2.05, 4.69) is 9.72 Å². The molecular weight excluding hydrogens is 230 g/mol. The molecule has 7 heteroatoms. The van der Waals surface area contributed by atoms with E-state index in [1.165, 1.54) is 0 Å². The smallest absolute Gasteiger partial charge is 0.311 e. The van der Waals surface area contributed by atoms with Gasteiger partial charge in [-0.3, -0.25) is 4.79 Å². The highest BCUT2D eigenvalue weighted by atomic mass is 19.3. The number of esters is 1. The van der Waals surface area contributed by atoms with Gasteiger partial charge in [0.2, 0.25) is 5.95 Å². The molecule has 0 saturated heterocycles. The first-order chi connectivity index (χ1) is 7.45. The summed E-state index contributed by atoms with van der Waals surface area (Å²) in [5.41, 5.74) is -1.73. The van der Waals surface area contributed by atoms with Crippen LogP contribution < -0.4 is 0 Å². The van der Waals surface area contributed by atoms with Gasteiger partial charge in [-0.1, -0.05) is 0 Å². The number of carbonyl (C=O) groups excluding carboxylic acids is 1. The Labute approximate surface area is 88.0 Å². The van der Waals surface area contributed by atoms with Crippen LogP contribution in [0.15, 0.2) is 6.07 Å². The Bertz CT molecular complexity index is 409. The van der Waals surface area contributed by atoms with Crippen LogP contribution in [-0.4, -0.2) is 18.1 Å². The van der Waals surface area contributed by atoms with Crippen LogP contribution in [0.5, 0.6) is 0 Å². The summed E-state index contributed by atoms with van der Waals surface area (Å²) in [5, 5.41) is 0. The highest BCUT2D eigenvalue weighted by Crippen LogP contribution is 2.25. The van der Waals surface area contributed by atoms with Crippen molar-refractivity contribution in [2.24, 2.45) is 0 Å². The average molecular weight is 237 g/mol. The minimum atomic E-state index is -3.17. The number of alkyl halides is 2. The van der Waals surface area contributed by atoms with E-state index in [0.717, 1.165) is 7.11 Å². The Morgan fingerprint density at radius 3 is 2.62 bits per heavy atom. The lowest BCUT2D eigenvalue weighted by Crippen LogP contribution is -2.11. The summed E-state index contributed by atoms with van der Waals surface area (Å²) in [7, 11) is 1.03. The van der Waals surface area contributed by atoms with Crippen LogP contribution in [0.4, 0.5) is 17.6 Å². The van der Waals surface area contributed by atoms with E-state index in [0.29, 0.717) is 0 Å². The maximum Gasteiger partial charge on any atom is 0.311 e. The Morgan fingerprint density at radius 2 is 2.12 bits per heavy atom. The van der Waals surface area contributed by atoms with E-state index in [9.17, 15) is 22.4 Å². The molecule has 0 fully saturated rings. The van der Waals surface area contributed by atoms with Gasteiger partial charge in [0.25, 0.3) is 6.43 Å². The van der Waals surface area contributed by atoms with Gasteiger partial charge in [-0.25, -0.2) is 18.2 Å². The van der Waals surface area contributed by atoms with Crippen LogP contribution in [0.1, 0.15) is 17.7 Å². The molecule has 88 valence electrons. The SMILES string of the molecule is COC(=O)Cc1nc(F)cc(F)c1C(F)F. The number of hydrogen-bond acceptors (Lipinski definition) is 3. The van der Waals surface area contributed by atoms with Gasteiger partial charge in [-0.15, -0.1) is 0 Å². The molecule has 0 aliphatic heterocycles. The van der Waals surface area contributed by atoms with Gasteiger partial charge in [0.1, 0.15) is 5.82 Å². The molecule has 0 saturated carbocycles. The third-order valence-electron chi connectivity index (χ3n) is 1.81. The molecule has 1 aromatic heterocycles. The van der Waals surface area contributed by atoms with Crippen LogP contribution >= 0.6 is 0 Å². The lowest BCUT2D eigenvalue weighted by atomic mass is 10.1. The summed E-state index contributed by atoms with van der Waals surface area (Å²) in [6.45, 7) is 0. The normalized spacial score (nSPS) is 10.6. The van der Waals surface area contributed by atoms with Crippen LogP contribution in [0.2, 0.25) is 0 Å². The number of hydrogen-bond donors (Lipinski definition) is 0. The monoisotopic (exact) mass is 237 g/mol. The minimum absolute atomic E-state index is 0.238. The van der Waals surface area contributed by atoms with E-state index < -0.39 is 41.8 Å². The van der Waals surface area contributed by atoms with Gasteiger partial charge in [-0.2, -0.15) is 4.39 Å². The fourth-order valence-electron chi connectivity index (χ4n) is 1.12. The third kappa shape index (κ3) is 2.68. The van der Waals surface area contributed by atoms with Crippen molar-refractivity contribution < 1.29 is 27.1 Å². The van der Waals surface area contributed by atoms with Crippen molar-refractivity contribution in [1.82, 2.24) is 4.98 Å². The van der Waals surface area contributed by atoms with E-state index in [-0.39, 0.29) is 6.07 Å². The lowest BCUT2D eigenvalue weighted by molar-refractivity contribution is -0.139. The Morgan fingerprint density at radius 1 is 1.50 bits per heavy atom. The number of carbonyl (C=O) groups is 1. The maximum absolute atomic E-state index is 13.0. The van der Waals surface area contributed by atoms with Gasteiger partial charge in [0, 0.05) is 6.07 Å². The Kier molecular flexibility index (Phi) is 3.81. The van der Waals surface area contributed by atoms with Gasteiger partial charge in [-0.05, 0) is 0 Å². The molecule has 0 radical (unpaired) electrons. The number of rotatable bonds is 3. The summed E-state index contributed by atoms with van der Waals surface area (Å²) < 4.78 is 54.7. The van der Waals surface area contributed by atoms with Crippen molar-refractivity contribution in [3.63, 3.8) is 0 Å². The first kappa shape index (κ1) is 12.4. The van der Waals surface area contributed by atoms with Crippen molar-refractivity contribution in [2.45, 2.75) is 12.8 Å². The summed E-state index contributed by atoms with van der Waals surface area (Å²) >= 11 is 0. The van der Waals surface area contributed by atoms with Gasteiger partial charge in [0.15, 0.2) is 0 Å². The number of methoxy groups -OCH3 is 1. The zero-order valence-corrected chi connectivity index (χ0v) is 8.14. The summed E-state index contributed by atoms with van der Waals surface area (Å²) in [6.07, 6.45) is -3.88. The molecule has 1 aromatic rings. The molecule has 0 atom stereocenters. The lowest BCUT2D eigenvalue weighted by Gasteiger charge is -2.08. The molecule has 0 aliphatic rings. The van der Waals surface area contributed by atoms with Gasteiger partial charge < -0.3 is 4.74 Å². The van der Waals surface area contributed by atoms with Crippen molar-refractivity contribution >= 4 is 5.97 Å². The van der Waals surface area contributed by atoms with Crippen LogP contribution in [0.25, 0.3) is 0 Å². The molecule has 1 heterocycles. The highest BCUT2D eigenvalue weighted by molar-refractivity contribution is 5.72. The van der Waals surface area contributed by atoms with Crippen molar-refractivity contribution in [2.75, 3.05) is 7.11 Å². The molecule has 0 bridgehead atoms. The standard InChI is InChI=1S/C9H7F4NO2/c1-16-7(15)3-5-8(9(12)13)4(10)2-6(11)14-5/h2,9H,3H2,1H3. The van der Waals surface area contributed by atoms with Crippen LogP contribution in [0.3, 0.4) is 0 Å². The fourth-order valence-corrected chi connectivity index (χ4v) is 1.12. The highest BCUT2D eigenvalue weighted by Gasteiger charge is 2.23. The molecular formula is C9H7F4NO2. The maximum atomic E-state index is 13.0. The molecule has 0 spiro atoms. The van der Waals surface area contributed by atoms with Crippen molar-refractivity contribution in [3.8, 4) is 0 Å². The molecule has 0 amide bonds. The van der Waals surface area contributed by atoms with Crippen LogP contribution in [-0.2, 0) is 16.0 Å². The molecule has 1 rings (SSSR count). The molecule has 0 N–H and O–H groups in total. The van der Waals surface area contributed by atoms with Crippen molar-refractivity contribution in [1.29, 1.82) is 0 Å². The Balaban J connectivity index is 3.18. The number of aromatic nitrogens is 1. The summed E-state index contributed by atoms with van der Waals surface area (Å²) in [4.78, 5) is 13.9. The van der Waals surface area contributed by atoms with Gasteiger partial charge in [0.05, 0.1) is 24.8 Å². The molecule has 3 nitrogen and oxygen atoms in total. The second-order valence-corrected chi connectivity index (χ2v) is 2.84. The molecule has 0 unspecified atom stereocenters.